The van der Waals surface area contributed by atoms with Crippen LogP contribution in [0.25, 0.3) is 0 Å². The third kappa shape index (κ3) is 4.75. The number of benzene rings is 1. The van der Waals surface area contributed by atoms with Crippen LogP contribution in [0.15, 0.2) is 30.3 Å². The first kappa shape index (κ1) is 14.5. The molecule has 0 heterocycles. The lowest BCUT2D eigenvalue weighted by molar-refractivity contribution is 0.0907. The standard InChI is InChI=1S/C14H21NO3/c1-12(7-6-10-16)15(2)14(17)18-11-13-8-4-3-5-9-13/h3-5,8-9,12,16H,6-7,10-11H2,1-2H3. The van der Waals surface area contributed by atoms with E-state index in [1.165, 1.54) is 0 Å². The number of nitrogens with zero attached hydrogens (tertiary/aromatic N) is 1. The van der Waals surface area contributed by atoms with Crippen LogP contribution in [0.3, 0.4) is 0 Å². The first-order valence-corrected chi connectivity index (χ1v) is 6.19. The molecule has 0 aliphatic heterocycles. The minimum atomic E-state index is -0.329. The molecule has 0 aromatic heterocycles. The third-order valence-corrected chi connectivity index (χ3v) is 2.93. The fourth-order valence-corrected chi connectivity index (χ4v) is 1.58. The highest BCUT2D eigenvalue weighted by atomic mass is 16.6. The van der Waals surface area contributed by atoms with E-state index in [0.717, 1.165) is 12.0 Å². The first-order chi connectivity index (χ1) is 8.65. The maximum atomic E-state index is 11.8. The molecule has 0 saturated heterocycles. The van der Waals surface area contributed by atoms with Crippen LogP contribution < -0.4 is 0 Å². The van der Waals surface area contributed by atoms with Gasteiger partial charge in [-0.15, -0.1) is 0 Å². The molecule has 0 bridgehead atoms. The van der Waals surface area contributed by atoms with E-state index >= 15 is 0 Å². The van der Waals surface area contributed by atoms with Crippen molar-refractivity contribution in [3.63, 3.8) is 0 Å². The van der Waals surface area contributed by atoms with Gasteiger partial charge in [-0.05, 0) is 25.3 Å². The second-order valence-electron chi connectivity index (χ2n) is 4.37. The van der Waals surface area contributed by atoms with Gasteiger partial charge in [0, 0.05) is 19.7 Å². The number of ether oxygens (including phenoxy) is 1. The van der Waals surface area contributed by atoms with Gasteiger partial charge in [0.2, 0.25) is 0 Å². The van der Waals surface area contributed by atoms with E-state index < -0.39 is 0 Å². The lowest BCUT2D eigenvalue weighted by atomic mass is 10.2. The van der Waals surface area contributed by atoms with Gasteiger partial charge in [-0.25, -0.2) is 4.79 Å². The molecule has 4 heteroatoms. The van der Waals surface area contributed by atoms with Crippen LogP contribution in [0.1, 0.15) is 25.3 Å². The SMILES string of the molecule is CC(CCCO)N(C)C(=O)OCc1ccccc1. The molecular weight excluding hydrogens is 230 g/mol. The highest BCUT2D eigenvalue weighted by Gasteiger charge is 2.16. The van der Waals surface area contributed by atoms with Gasteiger partial charge >= 0.3 is 6.09 Å². The monoisotopic (exact) mass is 251 g/mol. The molecule has 1 rings (SSSR count). The summed E-state index contributed by atoms with van der Waals surface area (Å²) in [5, 5.41) is 8.75. The van der Waals surface area contributed by atoms with Crippen LogP contribution in [-0.4, -0.2) is 35.8 Å². The Morgan fingerprint density at radius 2 is 2.06 bits per heavy atom. The summed E-state index contributed by atoms with van der Waals surface area (Å²) in [6, 6.07) is 9.66. The molecule has 1 amide bonds. The quantitative estimate of drug-likeness (QED) is 0.844. The largest absolute Gasteiger partial charge is 0.445 e. The van der Waals surface area contributed by atoms with Crippen molar-refractivity contribution in [3.8, 4) is 0 Å². The molecule has 0 saturated carbocycles. The van der Waals surface area contributed by atoms with Crippen molar-refractivity contribution in [2.24, 2.45) is 0 Å². The minimum absolute atomic E-state index is 0.0698. The number of aliphatic hydroxyl groups is 1. The lowest BCUT2D eigenvalue weighted by Gasteiger charge is -2.24. The number of amides is 1. The number of aliphatic hydroxyl groups excluding tert-OH is 1. The Kier molecular flexibility index (Phi) is 6.22. The highest BCUT2D eigenvalue weighted by Crippen LogP contribution is 2.08. The normalized spacial score (nSPS) is 11.9. The molecule has 0 spiro atoms. The van der Waals surface area contributed by atoms with Gasteiger partial charge < -0.3 is 14.7 Å². The van der Waals surface area contributed by atoms with E-state index in [0.29, 0.717) is 6.42 Å². The molecule has 100 valence electrons. The van der Waals surface area contributed by atoms with E-state index in [2.05, 4.69) is 0 Å². The van der Waals surface area contributed by atoms with E-state index in [4.69, 9.17) is 9.84 Å². The summed E-state index contributed by atoms with van der Waals surface area (Å²) in [7, 11) is 1.72. The predicted octanol–water partition coefficient (Wildman–Crippen LogP) is 2.42. The average Bonchev–Trinajstić information content (AvgIpc) is 2.42. The minimum Gasteiger partial charge on any atom is -0.445 e. The van der Waals surface area contributed by atoms with Crippen LogP contribution in [0, 0.1) is 0 Å². The Bertz CT molecular complexity index is 353. The average molecular weight is 251 g/mol. The highest BCUT2D eigenvalue weighted by molar-refractivity contribution is 5.67. The maximum Gasteiger partial charge on any atom is 0.410 e. The van der Waals surface area contributed by atoms with Crippen molar-refractivity contribution in [2.75, 3.05) is 13.7 Å². The van der Waals surface area contributed by atoms with Gasteiger partial charge in [0.1, 0.15) is 6.61 Å². The number of hydrogen-bond acceptors (Lipinski definition) is 3. The van der Waals surface area contributed by atoms with Crippen molar-refractivity contribution < 1.29 is 14.6 Å². The molecule has 1 unspecified atom stereocenters. The van der Waals surface area contributed by atoms with Crippen LogP contribution in [-0.2, 0) is 11.3 Å². The molecule has 4 nitrogen and oxygen atoms in total. The van der Waals surface area contributed by atoms with Gasteiger partial charge in [0.05, 0.1) is 0 Å². The zero-order chi connectivity index (χ0) is 13.4. The Hall–Kier alpha value is -1.55. The van der Waals surface area contributed by atoms with Crippen molar-refractivity contribution >= 4 is 6.09 Å². The second kappa shape index (κ2) is 7.71. The fourth-order valence-electron chi connectivity index (χ4n) is 1.58. The lowest BCUT2D eigenvalue weighted by Crippen LogP contribution is -2.35. The van der Waals surface area contributed by atoms with E-state index in [-0.39, 0.29) is 25.3 Å². The van der Waals surface area contributed by atoms with E-state index in [9.17, 15) is 4.79 Å². The van der Waals surface area contributed by atoms with Crippen molar-refractivity contribution in [1.82, 2.24) is 4.90 Å². The van der Waals surface area contributed by atoms with Crippen LogP contribution in [0.2, 0.25) is 0 Å². The number of carbonyl (C=O) groups excluding carboxylic acids is 1. The van der Waals surface area contributed by atoms with Gasteiger partial charge in [0.15, 0.2) is 0 Å². The third-order valence-electron chi connectivity index (χ3n) is 2.93. The summed E-state index contributed by atoms with van der Waals surface area (Å²) in [6.45, 7) is 2.38. The summed E-state index contributed by atoms with van der Waals surface area (Å²) in [5.41, 5.74) is 0.974. The fraction of sp³-hybridized carbons (Fsp3) is 0.500. The van der Waals surface area contributed by atoms with Gasteiger partial charge in [0.25, 0.3) is 0 Å². The molecular formula is C14H21NO3. The van der Waals surface area contributed by atoms with Crippen molar-refractivity contribution in [1.29, 1.82) is 0 Å². The van der Waals surface area contributed by atoms with Crippen molar-refractivity contribution in [3.05, 3.63) is 35.9 Å². The Labute approximate surface area is 108 Å². The number of carbonyl (C=O) groups is 1. The first-order valence-electron chi connectivity index (χ1n) is 6.19. The predicted molar refractivity (Wildman–Crippen MR) is 70.2 cm³/mol. The zero-order valence-electron chi connectivity index (χ0n) is 11.0. The Morgan fingerprint density at radius 1 is 1.39 bits per heavy atom. The number of hydrogen-bond donors (Lipinski definition) is 1. The smallest absolute Gasteiger partial charge is 0.410 e. The summed E-state index contributed by atoms with van der Waals surface area (Å²) in [4.78, 5) is 13.3. The van der Waals surface area contributed by atoms with Gasteiger partial charge in [-0.2, -0.15) is 0 Å². The van der Waals surface area contributed by atoms with Crippen LogP contribution in [0.5, 0.6) is 0 Å². The molecule has 0 radical (unpaired) electrons. The van der Waals surface area contributed by atoms with Crippen LogP contribution >= 0.6 is 0 Å². The maximum absolute atomic E-state index is 11.8. The van der Waals surface area contributed by atoms with E-state index in [1.54, 1.807) is 11.9 Å². The van der Waals surface area contributed by atoms with Gasteiger partial charge in [-0.3, -0.25) is 0 Å². The summed E-state index contributed by atoms with van der Waals surface area (Å²) < 4.78 is 5.22. The molecule has 1 atom stereocenters. The van der Waals surface area contributed by atoms with Crippen molar-refractivity contribution in [2.45, 2.75) is 32.4 Å². The number of rotatable bonds is 6. The molecule has 18 heavy (non-hydrogen) atoms. The van der Waals surface area contributed by atoms with Gasteiger partial charge in [-0.1, -0.05) is 30.3 Å². The summed E-state index contributed by atoms with van der Waals surface area (Å²) in [6.07, 6.45) is 1.13. The second-order valence-corrected chi connectivity index (χ2v) is 4.37. The molecule has 1 aromatic rings. The molecule has 1 N–H and O–H groups in total. The summed E-state index contributed by atoms with van der Waals surface area (Å²) in [5.74, 6) is 0. The molecule has 0 aliphatic carbocycles. The molecule has 0 fully saturated rings. The van der Waals surface area contributed by atoms with Crippen LogP contribution in [0.4, 0.5) is 4.79 Å². The van der Waals surface area contributed by atoms with E-state index in [1.807, 2.05) is 37.3 Å². The molecule has 1 aromatic carbocycles. The Balaban J connectivity index is 2.36. The summed E-state index contributed by atoms with van der Waals surface area (Å²) >= 11 is 0. The topological polar surface area (TPSA) is 49.8 Å². The zero-order valence-corrected chi connectivity index (χ0v) is 11.0. The Morgan fingerprint density at radius 3 is 2.67 bits per heavy atom. The molecule has 0 aliphatic rings.